The quantitative estimate of drug-likeness (QED) is 0.292. The van der Waals surface area contributed by atoms with Gasteiger partial charge < -0.3 is 15.4 Å². The molecule has 0 aliphatic heterocycles. The number of benzene rings is 3. The smallest absolute Gasteiger partial charge is 0.408 e. The number of para-hydroxylation sites is 1. The van der Waals surface area contributed by atoms with Gasteiger partial charge in [0.2, 0.25) is 0 Å². The Labute approximate surface area is 215 Å². The first-order valence-electron chi connectivity index (χ1n) is 12.1. The zero-order valence-electron chi connectivity index (χ0n) is 20.6. The molecule has 0 radical (unpaired) electrons. The van der Waals surface area contributed by atoms with Crippen molar-refractivity contribution >= 4 is 28.5 Å². The number of fused-ring (bicyclic) bond motifs is 1. The van der Waals surface area contributed by atoms with Gasteiger partial charge in [-0.15, -0.1) is 0 Å². The number of halogens is 1. The molecule has 1 aromatic heterocycles. The minimum absolute atomic E-state index is 0.142. The SMILES string of the molecule is CC[C@H](NC(=O)Oc1c(CNC(C)C)n(-c2ccccc2)c(=O)c2c(Cl)cccc12)c1ccccc1. The van der Waals surface area contributed by atoms with Crippen molar-refractivity contribution < 1.29 is 9.53 Å². The fourth-order valence-electron chi connectivity index (χ4n) is 4.22. The number of aromatic nitrogens is 1. The molecular weight excluding hydrogens is 474 g/mol. The van der Waals surface area contributed by atoms with Crippen LogP contribution < -0.4 is 20.9 Å². The predicted molar refractivity (Wildman–Crippen MR) is 145 cm³/mol. The van der Waals surface area contributed by atoms with Crippen LogP contribution in [0, 0.1) is 0 Å². The number of nitrogens with zero attached hydrogens (tertiary/aromatic N) is 1. The summed E-state index contributed by atoms with van der Waals surface area (Å²) in [5.41, 5.74) is 1.91. The van der Waals surface area contributed by atoms with E-state index in [1.165, 1.54) is 0 Å². The molecule has 0 bridgehead atoms. The molecule has 0 fully saturated rings. The van der Waals surface area contributed by atoms with E-state index in [4.69, 9.17) is 16.3 Å². The van der Waals surface area contributed by atoms with E-state index in [0.717, 1.165) is 5.56 Å². The van der Waals surface area contributed by atoms with Crippen LogP contribution in [0.1, 0.15) is 44.5 Å². The molecule has 1 atom stereocenters. The van der Waals surface area contributed by atoms with Crippen LogP contribution in [-0.2, 0) is 6.54 Å². The van der Waals surface area contributed by atoms with Crippen molar-refractivity contribution in [3.63, 3.8) is 0 Å². The molecule has 0 unspecified atom stereocenters. The molecule has 4 aromatic rings. The van der Waals surface area contributed by atoms with Gasteiger partial charge in [-0.3, -0.25) is 9.36 Å². The Balaban J connectivity index is 1.86. The third kappa shape index (κ3) is 5.45. The van der Waals surface area contributed by atoms with Gasteiger partial charge in [0.25, 0.3) is 5.56 Å². The summed E-state index contributed by atoms with van der Waals surface area (Å²) < 4.78 is 7.58. The molecule has 0 spiro atoms. The molecule has 4 rings (SSSR count). The van der Waals surface area contributed by atoms with E-state index in [2.05, 4.69) is 10.6 Å². The largest absolute Gasteiger partial charge is 0.413 e. The van der Waals surface area contributed by atoms with Crippen LogP contribution >= 0.6 is 11.6 Å². The zero-order valence-corrected chi connectivity index (χ0v) is 21.4. The first-order chi connectivity index (χ1) is 17.4. The lowest BCUT2D eigenvalue weighted by Gasteiger charge is -2.22. The van der Waals surface area contributed by atoms with Crippen LogP contribution in [0.5, 0.6) is 5.75 Å². The monoisotopic (exact) mass is 503 g/mol. The molecule has 0 saturated carbocycles. The number of hydrogen-bond donors (Lipinski definition) is 2. The molecule has 2 N–H and O–H groups in total. The molecule has 1 heterocycles. The van der Waals surface area contributed by atoms with Gasteiger partial charge in [0.1, 0.15) is 0 Å². The van der Waals surface area contributed by atoms with E-state index in [1.807, 2.05) is 81.4 Å². The minimum Gasteiger partial charge on any atom is -0.408 e. The van der Waals surface area contributed by atoms with Crippen LogP contribution in [0.15, 0.2) is 83.7 Å². The number of amides is 1. The standard InChI is InChI=1S/C29H30ClN3O3/c1-4-24(20-12-7-5-8-13-20)32-29(35)36-27-22-16-11-17-23(30)26(22)28(34)33(21-14-9-6-10-15-21)25(27)18-31-19(2)3/h5-17,19,24,31H,4,18H2,1-3H3,(H,32,35)/t24-/m0/s1. The lowest BCUT2D eigenvalue weighted by atomic mass is 10.1. The van der Waals surface area contributed by atoms with E-state index in [1.54, 1.807) is 22.8 Å². The van der Waals surface area contributed by atoms with Crippen molar-refractivity contribution in [2.24, 2.45) is 0 Å². The second kappa shape index (κ2) is 11.4. The molecule has 186 valence electrons. The van der Waals surface area contributed by atoms with E-state index in [0.29, 0.717) is 45.9 Å². The Bertz CT molecular complexity index is 1400. The summed E-state index contributed by atoms with van der Waals surface area (Å²) >= 11 is 6.51. The first-order valence-corrected chi connectivity index (χ1v) is 12.5. The fourth-order valence-corrected chi connectivity index (χ4v) is 4.47. The van der Waals surface area contributed by atoms with Gasteiger partial charge in [-0.1, -0.05) is 93.0 Å². The highest BCUT2D eigenvalue weighted by atomic mass is 35.5. The highest BCUT2D eigenvalue weighted by Gasteiger charge is 2.24. The summed E-state index contributed by atoms with van der Waals surface area (Å²) in [6.45, 7) is 6.34. The van der Waals surface area contributed by atoms with Crippen molar-refractivity contribution in [3.8, 4) is 11.4 Å². The van der Waals surface area contributed by atoms with Crippen molar-refractivity contribution in [1.29, 1.82) is 0 Å². The fraction of sp³-hybridized carbons (Fsp3) is 0.241. The third-order valence-corrected chi connectivity index (χ3v) is 6.31. The zero-order chi connectivity index (χ0) is 25.7. The third-order valence-electron chi connectivity index (χ3n) is 6.00. The van der Waals surface area contributed by atoms with Gasteiger partial charge >= 0.3 is 6.09 Å². The summed E-state index contributed by atoms with van der Waals surface area (Å²) in [5, 5.41) is 7.43. The molecule has 0 aliphatic rings. The number of nitrogens with one attached hydrogen (secondary N) is 2. The molecule has 1 amide bonds. The van der Waals surface area contributed by atoms with Crippen molar-refractivity contribution in [2.45, 2.75) is 45.8 Å². The molecule has 0 aliphatic carbocycles. The lowest BCUT2D eigenvalue weighted by molar-refractivity contribution is 0.195. The molecule has 36 heavy (non-hydrogen) atoms. The Kier molecular flexibility index (Phi) is 8.08. The average Bonchev–Trinajstić information content (AvgIpc) is 2.88. The number of rotatable bonds is 8. The first kappa shape index (κ1) is 25.5. The maximum Gasteiger partial charge on any atom is 0.413 e. The summed E-state index contributed by atoms with van der Waals surface area (Å²) in [4.78, 5) is 27.0. The van der Waals surface area contributed by atoms with Gasteiger partial charge in [0, 0.05) is 23.7 Å². The van der Waals surface area contributed by atoms with Crippen molar-refractivity contribution in [2.75, 3.05) is 0 Å². The molecule has 3 aromatic carbocycles. The van der Waals surface area contributed by atoms with E-state index in [9.17, 15) is 9.59 Å². The van der Waals surface area contributed by atoms with E-state index >= 15 is 0 Å². The summed E-state index contributed by atoms with van der Waals surface area (Å²) in [6.07, 6.45) is 0.0905. The number of ether oxygens (including phenoxy) is 1. The maximum absolute atomic E-state index is 13.8. The Morgan fingerprint density at radius 3 is 2.28 bits per heavy atom. The molecule has 7 heteroatoms. The minimum atomic E-state index is -0.601. The summed E-state index contributed by atoms with van der Waals surface area (Å²) in [7, 11) is 0. The van der Waals surface area contributed by atoms with Gasteiger partial charge in [0.05, 0.1) is 22.1 Å². The van der Waals surface area contributed by atoms with Crippen LogP contribution in [-0.4, -0.2) is 16.7 Å². The average molecular weight is 504 g/mol. The number of carbonyl (C=O) groups is 1. The van der Waals surface area contributed by atoms with Gasteiger partial charge in [-0.25, -0.2) is 4.79 Å². The molecular formula is C29H30ClN3O3. The number of carbonyl (C=O) groups excluding carboxylic acids is 1. The maximum atomic E-state index is 13.8. The van der Waals surface area contributed by atoms with Crippen LogP contribution in [0.3, 0.4) is 0 Å². The van der Waals surface area contributed by atoms with E-state index < -0.39 is 6.09 Å². The Morgan fingerprint density at radius 1 is 0.972 bits per heavy atom. The Hall–Kier alpha value is -3.61. The number of hydrogen-bond acceptors (Lipinski definition) is 4. The van der Waals surface area contributed by atoms with Crippen molar-refractivity contribution in [1.82, 2.24) is 15.2 Å². The highest BCUT2D eigenvalue weighted by Crippen LogP contribution is 2.33. The van der Waals surface area contributed by atoms with E-state index in [-0.39, 0.29) is 17.6 Å². The van der Waals surface area contributed by atoms with Gasteiger partial charge in [-0.05, 0) is 30.2 Å². The summed E-state index contributed by atoms with van der Waals surface area (Å²) in [6, 6.07) is 24.1. The van der Waals surface area contributed by atoms with Crippen LogP contribution in [0.4, 0.5) is 4.79 Å². The lowest BCUT2D eigenvalue weighted by Crippen LogP contribution is -2.34. The normalized spacial score (nSPS) is 12.0. The van der Waals surface area contributed by atoms with Gasteiger partial charge in [-0.2, -0.15) is 0 Å². The van der Waals surface area contributed by atoms with Crippen LogP contribution in [0.2, 0.25) is 5.02 Å². The van der Waals surface area contributed by atoms with Crippen molar-refractivity contribution in [3.05, 3.63) is 105 Å². The number of pyridine rings is 1. The second-order valence-electron chi connectivity index (χ2n) is 8.86. The summed E-state index contributed by atoms with van der Waals surface area (Å²) in [5.74, 6) is 0.296. The highest BCUT2D eigenvalue weighted by molar-refractivity contribution is 6.35. The van der Waals surface area contributed by atoms with Crippen LogP contribution in [0.25, 0.3) is 16.5 Å². The molecule has 6 nitrogen and oxygen atoms in total. The molecule has 0 saturated heterocycles. The second-order valence-corrected chi connectivity index (χ2v) is 9.26. The van der Waals surface area contributed by atoms with Gasteiger partial charge in [0.15, 0.2) is 5.75 Å². The predicted octanol–water partition coefficient (Wildman–Crippen LogP) is 6.38. The topological polar surface area (TPSA) is 72.4 Å². The Morgan fingerprint density at radius 2 is 1.64 bits per heavy atom.